The molecule has 3 amide bonds. The third-order valence-corrected chi connectivity index (χ3v) is 17.4. The summed E-state index contributed by atoms with van der Waals surface area (Å²) in [5.41, 5.74) is 0. The number of nitrogens with one attached hydrogen (secondary N) is 2. The van der Waals surface area contributed by atoms with Gasteiger partial charge in [-0.2, -0.15) is 0 Å². The van der Waals surface area contributed by atoms with E-state index in [0.717, 1.165) is 37.1 Å². The monoisotopic (exact) mass is 1160 g/mol. The number of thiophene rings is 2. The van der Waals surface area contributed by atoms with Crippen molar-refractivity contribution < 1.29 is 33.4 Å². The van der Waals surface area contributed by atoms with Crippen LogP contribution in [0.1, 0.15) is 128 Å². The van der Waals surface area contributed by atoms with E-state index >= 15 is 0 Å². The maximum Gasteiger partial charge on any atom is 0.415 e. The number of benzene rings is 2. The largest absolute Gasteiger partial charge is 0.415 e. The number of halogens is 3. The average Bonchev–Trinajstić information content (AvgIpc) is 4.17. The second-order valence-corrected chi connectivity index (χ2v) is 23.8. The lowest BCUT2D eigenvalue weighted by atomic mass is 9.83. The van der Waals surface area contributed by atoms with Gasteiger partial charge in [0, 0.05) is 73.4 Å². The van der Waals surface area contributed by atoms with Crippen molar-refractivity contribution in [3.8, 4) is 11.5 Å². The number of carbonyl (C=O) groups excluding carboxylic acids is 5. The molecule has 0 unspecified atom stereocenters. The van der Waals surface area contributed by atoms with E-state index in [9.17, 15) is 24.0 Å². The molecule has 2 saturated carbocycles. The van der Waals surface area contributed by atoms with Gasteiger partial charge in [0.05, 0.1) is 28.7 Å². The van der Waals surface area contributed by atoms with Crippen molar-refractivity contribution in [2.75, 3.05) is 45.8 Å². The zero-order chi connectivity index (χ0) is 54.4. The molecule has 0 bridgehead atoms. The summed E-state index contributed by atoms with van der Waals surface area (Å²) in [5, 5.41) is 11.7. The summed E-state index contributed by atoms with van der Waals surface area (Å²) in [6.07, 6.45) is 13.8. The number of piperazine rings is 2. The van der Waals surface area contributed by atoms with Gasteiger partial charge < -0.3 is 34.8 Å². The van der Waals surface area contributed by atoms with E-state index in [0.29, 0.717) is 91.8 Å². The first kappa shape index (κ1) is 63.8. The Morgan fingerprint density at radius 2 is 1.19 bits per heavy atom. The Morgan fingerprint density at radius 1 is 0.675 bits per heavy atom. The Balaban J connectivity index is 0.000000263. The van der Waals surface area contributed by atoms with Gasteiger partial charge in [0.1, 0.15) is 6.04 Å². The predicted octanol–water partition coefficient (Wildman–Crippen LogP) is 12.8. The molecule has 2 saturated heterocycles. The predicted molar refractivity (Wildman–Crippen MR) is 316 cm³/mol. The normalized spacial score (nSPS) is 18.6. The average molecular weight is 1160 g/mol. The highest BCUT2D eigenvalue weighted by Gasteiger charge is 2.41. The van der Waals surface area contributed by atoms with Crippen molar-refractivity contribution in [1.82, 2.24) is 30.2 Å². The molecule has 2 aliphatic carbocycles. The van der Waals surface area contributed by atoms with Gasteiger partial charge in [-0.3, -0.25) is 19.3 Å². The summed E-state index contributed by atoms with van der Waals surface area (Å²) >= 11 is 15.5. The van der Waals surface area contributed by atoms with Crippen molar-refractivity contribution in [3.63, 3.8) is 0 Å². The number of para-hydroxylation sites is 2. The van der Waals surface area contributed by atoms with E-state index in [4.69, 9.17) is 32.7 Å². The fraction of sp³-hybridized carbons (Fsp3) is 0.576. The van der Waals surface area contributed by atoms with Crippen LogP contribution in [0.2, 0.25) is 10.0 Å². The number of ether oxygens (including phenoxy) is 2. The Morgan fingerprint density at radius 3 is 1.69 bits per heavy atom. The smallest absolute Gasteiger partial charge is 0.409 e. The van der Waals surface area contributed by atoms with Crippen LogP contribution in [0.4, 0.5) is 9.59 Å². The molecule has 0 radical (unpaired) electrons. The van der Waals surface area contributed by atoms with Crippen molar-refractivity contribution >= 4 is 87.9 Å². The van der Waals surface area contributed by atoms with Gasteiger partial charge in [0.25, 0.3) is 0 Å². The van der Waals surface area contributed by atoms with Crippen LogP contribution in [0.5, 0.6) is 11.5 Å². The zero-order valence-electron chi connectivity index (χ0n) is 45.8. The molecule has 3 atom stereocenters. The van der Waals surface area contributed by atoms with Crippen LogP contribution in [0, 0.1) is 5.92 Å². The zero-order valence-corrected chi connectivity index (χ0v) is 49.8. The Labute approximate surface area is 482 Å². The summed E-state index contributed by atoms with van der Waals surface area (Å²) in [4.78, 5) is 75.8. The number of rotatable bonds is 18. The quantitative estimate of drug-likeness (QED) is 0.0989. The molecular formula is C59H83Cl3N6O7S2. The molecule has 2 aliphatic heterocycles. The fourth-order valence-electron chi connectivity index (χ4n) is 10.8. The fourth-order valence-corrected chi connectivity index (χ4v) is 12.6. The summed E-state index contributed by atoms with van der Waals surface area (Å²) in [6, 6.07) is 22.1. The molecule has 2 aromatic carbocycles. The van der Waals surface area contributed by atoms with Gasteiger partial charge in [0.2, 0.25) is 5.91 Å². The first-order chi connectivity index (χ1) is 36.7. The molecule has 0 spiro atoms. The molecule has 4 fully saturated rings. The van der Waals surface area contributed by atoms with E-state index in [-0.39, 0.29) is 54.3 Å². The van der Waals surface area contributed by atoms with Gasteiger partial charge in [-0.05, 0) is 119 Å². The number of aryl methyl sites for hydroxylation is 2. The van der Waals surface area contributed by atoms with Crippen LogP contribution >= 0.6 is 58.3 Å². The van der Waals surface area contributed by atoms with E-state index in [1.54, 1.807) is 85.9 Å². The molecule has 18 heteroatoms. The lowest BCUT2D eigenvalue weighted by Crippen LogP contribution is -2.63. The summed E-state index contributed by atoms with van der Waals surface area (Å²) in [5.74, 6) is 1.26. The van der Waals surface area contributed by atoms with Crippen molar-refractivity contribution in [2.24, 2.45) is 5.92 Å². The summed E-state index contributed by atoms with van der Waals surface area (Å²) in [7, 11) is 0. The molecule has 2 N–H and O–H groups in total. The lowest BCUT2D eigenvalue weighted by molar-refractivity contribution is -0.145. The topological polar surface area (TPSA) is 141 Å². The first-order valence-corrected chi connectivity index (χ1v) is 30.3. The molecule has 77 heavy (non-hydrogen) atoms. The van der Waals surface area contributed by atoms with E-state index in [1.807, 2.05) is 35.0 Å². The standard InChI is InChI=1S/C33H44ClN3O4S.C18H19ClN2O3S.C8H19N.ClH/c34-27-15-7-8-16-31(27)41-33(40)36-19-20-37(29(23-36)30(38)18-17-26-14-9-21-42-26)32(39)28(22-24-10-3-1-4-11-24)35-25-12-5-2-6-13-25;19-14-5-1-2-6-17(14)24-18(23)21-10-9-20-15(12-21)16(22)8-7-13-4-3-11-25-13;1-6-9(7(2)3)8(4)5;/h7-9,14-16,21,24-25,28-29,35H,1-6,10-13,17-20,22-23H2;1-6,11,15,20H,7-10,12H2;7-8H,6H2,1-5H3;1H/t28-,29+;15-;;/m10../s1. The van der Waals surface area contributed by atoms with Crippen molar-refractivity contribution in [2.45, 2.75) is 167 Å². The van der Waals surface area contributed by atoms with Gasteiger partial charge in [-0.25, -0.2) is 9.59 Å². The number of amides is 3. The van der Waals surface area contributed by atoms with E-state index < -0.39 is 18.2 Å². The molecule has 4 aromatic rings. The van der Waals surface area contributed by atoms with Crippen LogP contribution in [0.15, 0.2) is 83.6 Å². The SMILES string of the molecule is CCN(C(C)C)C(C)C.Cl.O=C(CCc1cccs1)[C@@H]1CN(C(=O)Oc2ccccc2Cl)CCN1.O=C(CCc1cccs1)[C@@H]1CN(C(=O)Oc2ccccc2Cl)CCN1C(=O)[C@@H](CC1CCCCC1)NC1CCCCC1. The number of Topliss-reactive ketones (excluding diaryl/α,β-unsaturated/α-hetero) is 2. The number of ketones is 2. The molecule has 13 nitrogen and oxygen atoms in total. The number of hydrogen-bond acceptors (Lipinski definition) is 12. The van der Waals surface area contributed by atoms with E-state index in [1.165, 1.54) is 56.2 Å². The summed E-state index contributed by atoms with van der Waals surface area (Å²) < 4.78 is 11.0. The minimum absolute atomic E-state index is 0. The summed E-state index contributed by atoms with van der Waals surface area (Å²) in [6.45, 7) is 14.4. The Hall–Kier alpha value is -4.06. The highest BCUT2D eigenvalue weighted by atomic mass is 35.5. The Kier molecular flexibility index (Phi) is 27.8. The van der Waals surface area contributed by atoms with Crippen LogP contribution < -0.4 is 20.1 Å². The van der Waals surface area contributed by atoms with Crippen LogP contribution in [0.25, 0.3) is 0 Å². The molecule has 424 valence electrons. The highest BCUT2D eigenvalue weighted by Crippen LogP contribution is 2.31. The second kappa shape index (κ2) is 33.5. The van der Waals surface area contributed by atoms with E-state index in [2.05, 4.69) is 50.2 Å². The first-order valence-electron chi connectivity index (χ1n) is 27.8. The van der Waals surface area contributed by atoms with Gasteiger partial charge >= 0.3 is 12.2 Å². The number of nitrogens with zero attached hydrogens (tertiary/aromatic N) is 4. The third-order valence-electron chi connectivity index (χ3n) is 14.9. The van der Waals surface area contributed by atoms with Crippen LogP contribution in [-0.4, -0.2) is 131 Å². The minimum atomic E-state index is -0.702. The number of carbonyl (C=O) groups is 5. The molecular weight excluding hydrogens is 1080 g/mol. The van der Waals surface area contributed by atoms with Gasteiger partial charge in [0.15, 0.2) is 23.1 Å². The second-order valence-electron chi connectivity index (χ2n) is 20.9. The van der Waals surface area contributed by atoms with Crippen molar-refractivity contribution in [1.29, 1.82) is 0 Å². The van der Waals surface area contributed by atoms with Crippen molar-refractivity contribution in [3.05, 3.63) is 103 Å². The molecule has 4 heterocycles. The Bertz CT molecular complexity index is 2370. The molecule has 2 aromatic heterocycles. The molecule has 4 aliphatic rings. The van der Waals surface area contributed by atoms with Gasteiger partial charge in [-0.15, -0.1) is 35.1 Å². The highest BCUT2D eigenvalue weighted by molar-refractivity contribution is 7.10. The van der Waals surface area contributed by atoms with Gasteiger partial charge in [-0.1, -0.05) is 118 Å². The maximum absolute atomic E-state index is 14.4. The minimum Gasteiger partial charge on any atom is -0.409 e. The number of hydrogen-bond donors (Lipinski definition) is 2. The lowest BCUT2D eigenvalue weighted by Gasteiger charge is -2.42. The molecule has 8 rings (SSSR count). The maximum atomic E-state index is 14.4. The third kappa shape index (κ3) is 20.5. The van der Waals surface area contributed by atoms with Crippen LogP contribution in [-0.2, 0) is 27.2 Å². The van der Waals surface area contributed by atoms with Crippen LogP contribution in [0.3, 0.4) is 0 Å².